The molecule has 1 atom stereocenters. The Balaban J connectivity index is 1.47. The maximum absolute atomic E-state index is 11.5. The maximum atomic E-state index is 11.5. The summed E-state index contributed by atoms with van der Waals surface area (Å²) in [6.07, 6.45) is 5.33. The molecule has 0 aliphatic carbocycles. The van der Waals surface area contributed by atoms with Crippen molar-refractivity contribution in [2.24, 2.45) is 5.92 Å². The summed E-state index contributed by atoms with van der Waals surface area (Å²) in [5, 5.41) is 0. The molecule has 0 N–H and O–H groups in total. The van der Waals surface area contributed by atoms with Gasteiger partial charge in [-0.3, -0.25) is 9.69 Å². The molecule has 0 saturated carbocycles. The summed E-state index contributed by atoms with van der Waals surface area (Å²) in [5.74, 6) is 1.74. The Morgan fingerprint density at radius 2 is 1.90 bits per heavy atom. The highest BCUT2D eigenvalue weighted by atomic mass is 16.2. The molecule has 2 fully saturated rings. The van der Waals surface area contributed by atoms with E-state index in [-0.39, 0.29) is 5.91 Å². The average Bonchev–Trinajstić information content (AvgIpc) is 2.53. The van der Waals surface area contributed by atoms with Gasteiger partial charge in [0.05, 0.1) is 0 Å². The molecule has 1 amide bonds. The fraction of sp³-hybridized carbons (Fsp3) is 0.667. The summed E-state index contributed by atoms with van der Waals surface area (Å²) < 4.78 is 0. The minimum absolute atomic E-state index is 0.289. The number of piperidine rings is 1. The molecule has 0 radical (unpaired) electrons. The number of anilines is 1. The van der Waals surface area contributed by atoms with Crippen LogP contribution in [0.2, 0.25) is 0 Å². The van der Waals surface area contributed by atoms with Gasteiger partial charge >= 0.3 is 0 Å². The number of carbonyl (C=O) groups is 1. The van der Waals surface area contributed by atoms with Crippen molar-refractivity contribution in [2.75, 3.05) is 51.2 Å². The highest BCUT2D eigenvalue weighted by Gasteiger charge is 2.26. The summed E-state index contributed by atoms with van der Waals surface area (Å²) in [6.45, 7) is 6.05. The van der Waals surface area contributed by atoms with E-state index < -0.39 is 0 Å². The van der Waals surface area contributed by atoms with Crippen LogP contribution in [0, 0.1) is 5.92 Å². The molecule has 0 aromatic carbocycles. The van der Waals surface area contributed by atoms with Gasteiger partial charge in [-0.1, -0.05) is 0 Å². The van der Waals surface area contributed by atoms with Crippen molar-refractivity contribution in [3.63, 3.8) is 0 Å². The molecule has 6 nitrogen and oxygen atoms in total. The average molecular weight is 289 g/mol. The van der Waals surface area contributed by atoms with Crippen molar-refractivity contribution in [2.45, 2.75) is 12.8 Å². The summed E-state index contributed by atoms with van der Waals surface area (Å²) in [5.41, 5.74) is 0. The summed E-state index contributed by atoms with van der Waals surface area (Å²) in [4.78, 5) is 26.8. The zero-order chi connectivity index (χ0) is 14.7. The standard InChI is InChI=1S/C15H23N5O/c1-18-11-13(3-4-14(18)21)12-19-7-9-20(10-8-19)15-16-5-2-6-17-15/h2,5-6,13H,3-4,7-12H2,1H3. The van der Waals surface area contributed by atoms with Crippen LogP contribution in [-0.2, 0) is 4.79 Å². The number of likely N-dealkylation sites (tertiary alicyclic amines) is 1. The number of hydrogen-bond acceptors (Lipinski definition) is 5. The largest absolute Gasteiger partial charge is 0.345 e. The quantitative estimate of drug-likeness (QED) is 0.809. The van der Waals surface area contributed by atoms with Gasteiger partial charge in [0.1, 0.15) is 0 Å². The zero-order valence-electron chi connectivity index (χ0n) is 12.6. The highest BCUT2D eigenvalue weighted by Crippen LogP contribution is 2.18. The summed E-state index contributed by atoms with van der Waals surface area (Å²) >= 11 is 0. The molecule has 3 rings (SSSR count). The van der Waals surface area contributed by atoms with Crippen LogP contribution in [0.25, 0.3) is 0 Å². The fourth-order valence-corrected chi connectivity index (χ4v) is 3.20. The summed E-state index contributed by atoms with van der Waals surface area (Å²) in [7, 11) is 1.92. The Hall–Kier alpha value is -1.69. The first kappa shape index (κ1) is 14.3. The number of hydrogen-bond donors (Lipinski definition) is 0. The van der Waals surface area contributed by atoms with E-state index in [4.69, 9.17) is 0 Å². The first-order valence-electron chi connectivity index (χ1n) is 7.70. The SMILES string of the molecule is CN1CC(CN2CCN(c3ncccn3)CC2)CCC1=O. The molecular formula is C15H23N5O. The van der Waals surface area contributed by atoms with Crippen molar-refractivity contribution in [3.05, 3.63) is 18.5 Å². The molecule has 6 heteroatoms. The molecular weight excluding hydrogens is 266 g/mol. The lowest BCUT2D eigenvalue weighted by molar-refractivity contribution is -0.133. The molecule has 114 valence electrons. The monoisotopic (exact) mass is 289 g/mol. The van der Waals surface area contributed by atoms with Crippen molar-refractivity contribution >= 4 is 11.9 Å². The van der Waals surface area contributed by atoms with Gasteiger partial charge in [0.15, 0.2) is 0 Å². The van der Waals surface area contributed by atoms with Crippen LogP contribution < -0.4 is 4.90 Å². The van der Waals surface area contributed by atoms with E-state index in [0.717, 1.165) is 51.6 Å². The Morgan fingerprint density at radius 1 is 1.19 bits per heavy atom. The summed E-state index contributed by atoms with van der Waals surface area (Å²) in [6, 6.07) is 1.85. The van der Waals surface area contributed by atoms with Crippen LogP contribution in [0.5, 0.6) is 0 Å². The zero-order valence-corrected chi connectivity index (χ0v) is 12.6. The number of rotatable bonds is 3. The van der Waals surface area contributed by atoms with Crippen LogP contribution >= 0.6 is 0 Å². The van der Waals surface area contributed by atoms with Gasteiger partial charge in [0.25, 0.3) is 0 Å². The Bertz CT molecular complexity index is 472. The Kier molecular flexibility index (Phi) is 4.34. The molecule has 1 aromatic rings. The van der Waals surface area contributed by atoms with Gasteiger partial charge < -0.3 is 9.80 Å². The van der Waals surface area contributed by atoms with E-state index in [1.165, 1.54) is 0 Å². The Morgan fingerprint density at radius 3 is 2.57 bits per heavy atom. The third-order valence-electron chi connectivity index (χ3n) is 4.45. The lowest BCUT2D eigenvalue weighted by Gasteiger charge is -2.38. The minimum Gasteiger partial charge on any atom is -0.345 e. The second kappa shape index (κ2) is 6.39. The predicted molar refractivity (Wildman–Crippen MR) is 81.0 cm³/mol. The third-order valence-corrected chi connectivity index (χ3v) is 4.45. The molecule has 2 aliphatic heterocycles. The van der Waals surface area contributed by atoms with Gasteiger partial charge in [-0.05, 0) is 18.4 Å². The number of amides is 1. The van der Waals surface area contributed by atoms with Gasteiger partial charge in [0.2, 0.25) is 11.9 Å². The normalized spacial score (nSPS) is 24.4. The van der Waals surface area contributed by atoms with Crippen LogP contribution in [0.1, 0.15) is 12.8 Å². The molecule has 3 heterocycles. The maximum Gasteiger partial charge on any atom is 0.225 e. The molecule has 2 saturated heterocycles. The van der Waals surface area contributed by atoms with E-state index in [9.17, 15) is 4.79 Å². The number of piperazine rings is 1. The molecule has 0 spiro atoms. The Labute approximate surface area is 125 Å². The topological polar surface area (TPSA) is 52.6 Å². The second-order valence-corrected chi connectivity index (χ2v) is 6.02. The molecule has 1 unspecified atom stereocenters. The van der Waals surface area contributed by atoms with E-state index in [1.54, 1.807) is 12.4 Å². The van der Waals surface area contributed by atoms with Gasteiger partial charge in [-0.2, -0.15) is 0 Å². The van der Waals surface area contributed by atoms with Crippen molar-refractivity contribution in [1.29, 1.82) is 0 Å². The van der Waals surface area contributed by atoms with Crippen molar-refractivity contribution in [1.82, 2.24) is 19.8 Å². The molecule has 1 aromatic heterocycles. The fourth-order valence-electron chi connectivity index (χ4n) is 3.20. The van der Waals surface area contributed by atoms with Crippen LogP contribution in [0.4, 0.5) is 5.95 Å². The van der Waals surface area contributed by atoms with E-state index in [2.05, 4.69) is 19.8 Å². The number of carbonyl (C=O) groups excluding carboxylic acids is 1. The third kappa shape index (κ3) is 3.50. The van der Waals surface area contributed by atoms with Gasteiger partial charge in [0, 0.05) is 65.1 Å². The minimum atomic E-state index is 0.289. The first-order chi connectivity index (χ1) is 10.2. The lowest BCUT2D eigenvalue weighted by Crippen LogP contribution is -2.50. The van der Waals surface area contributed by atoms with Crippen molar-refractivity contribution in [3.8, 4) is 0 Å². The second-order valence-electron chi connectivity index (χ2n) is 6.02. The van der Waals surface area contributed by atoms with Gasteiger partial charge in [-0.25, -0.2) is 9.97 Å². The van der Waals surface area contributed by atoms with Crippen LogP contribution in [0.3, 0.4) is 0 Å². The van der Waals surface area contributed by atoms with E-state index >= 15 is 0 Å². The highest BCUT2D eigenvalue weighted by molar-refractivity contribution is 5.76. The molecule has 21 heavy (non-hydrogen) atoms. The first-order valence-corrected chi connectivity index (χ1v) is 7.70. The molecule has 0 bridgehead atoms. The predicted octanol–water partition coefficient (Wildman–Crippen LogP) is 0.467. The van der Waals surface area contributed by atoms with Crippen LogP contribution in [0.15, 0.2) is 18.5 Å². The van der Waals surface area contributed by atoms with Crippen LogP contribution in [-0.4, -0.2) is 72.0 Å². The smallest absolute Gasteiger partial charge is 0.225 e. The van der Waals surface area contributed by atoms with E-state index in [1.807, 2.05) is 18.0 Å². The van der Waals surface area contributed by atoms with Gasteiger partial charge in [-0.15, -0.1) is 0 Å². The molecule has 2 aliphatic rings. The number of aromatic nitrogens is 2. The number of nitrogens with zero attached hydrogens (tertiary/aromatic N) is 5. The lowest BCUT2D eigenvalue weighted by atomic mass is 9.97. The van der Waals surface area contributed by atoms with E-state index in [0.29, 0.717) is 12.3 Å². The van der Waals surface area contributed by atoms with Crippen molar-refractivity contribution < 1.29 is 4.79 Å².